The number of carbonyl (C=O) groups excluding carboxylic acids is 1. The maximum atomic E-state index is 12.1. The topological polar surface area (TPSA) is 55.6 Å². The van der Waals surface area contributed by atoms with Crippen LogP contribution in [0.4, 0.5) is 0 Å². The minimum Gasteiger partial charge on any atom is -0.484 e. The van der Waals surface area contributed by atoms with Gasteiger partial charge in [-0.3, -0.25) is 4.79 Å². The number of likely N-dealkylation sites (N-methyl/N-ethyl adjacent to an activating group) is 1. The number of amides is 1. The first-order valence-corrected chi connectivity index (χ1v) is 7.12. The predicted molar refractivity (Wildman–Crippen MR) is 82.0 cm³/mol. The van der Waals surface area contributed by atoms with Crippen molar-refractivity contribution in [3.8, 4) is 5.75 Å². The summed E-state index contributed by atoms with van der Waals surface area (Å²) in [4.78, 5) is 13.9. The highest BCUT2D eigenvalue weighted by atomic mass is 35.5. The zero-order valence-corrected chi connectivity index (χ0v) is 13.1. The van der Waals surface area contributed by atoms with Crippen molar-refractivity contribution in [3.63, 3.8) is 0 Å². The molecule has 0 aliphatic carbocycles. The van der Waals surface area contributed by atoms with Gasteiger partial charge in [0.05, 0.1) is 0 Å². The summed E-state index contributed by atoms with van der Waals surface area (Å²) in [5.74, 6) is 0.598. The minimum absolute atomic E-state index is 0.0239. The molecule has 4 nitrogen and oxygen atoms in total. The number of rotatable bonds is 7. The van der Waals surface area contributed by atoms with E-state index in [1.807, 2.05) is 20.8 Å². The lowest BCUT2D eigenvalue weighted by molar-refractivity contribution is -0.134. The number of hydrogen-bond acceptors (Lipinski definition) is 3. The number of hydrogen-bond donors (Lipinski definition) is 1. The Hall–Kier alpha value is -1.26. The molecular weight excluding hydrogens is 276 g/mol. The molecule has 0 fully saturated rings. The van der Waals surface area contributed by atoms with Crippen LogP contribution in [-0.4, -0.2) is 37.0 Å². The van der Waals surface area contributed by atoms with Crippen LogP contribution in [0.1, 0.15) is 20.8 Å². The third-order valence-corrected chi connectivity index (χ3v) is 3.33. The van der Waals surface area contributed by atoms with Gasteiger partial charge in [0.1, 0.15) is 5.75 Å². The third kappa shape index (κ3) is 5.39. The molecule has 1 aromatic rings. The molecule has 5 heteroatoms. The first-order valence-electron chi connectivity index (χ1n) is 6.74. The second-order valence-corrected chi connectivity index (χ2v) is 5.96. The van der Waals surface area contributed by atoms with Crippen molar-refractivity contribution in [2.45, 2.75) is 20.8 Å². The highest BCUT2D eigenvalue weighted by Gasteiger charge is 2.22. The maximum absolute atomic E-state index is 12.1. The largest absolute Gasteiger partial charge is 0.484 e. The Bertz CT molecular complexity index is 432. The molecule has 1 rings (SSSR count). The van der Waals surface area contributed by atoms with Crippen molar-refractivity contribution >= 4 is 17.5 Å². The van der Waals surface area contributed by atoms with E-state index >= 15 is 0 Å². The van der Waals surface area contributed by atoms with E-state index in [-0.39, 0.29) is 17.9 Å². The number of nitrogens with zero attached hydrogens (tertiary/aromatic N) is 1. The lowest BCUT2D eigenvalue weighted by atomic mass is 9.93. The van der Waals surface area contributed by atoms with Gasteiger partial charge in [0, 0.05) is 18.1 Å². The molecule has 0 bridgehead atoms. The molecule has 20 heavy (non-hydrogen) atoms. The smallest absolute Gasteiger partial charge is 0.260 e. The van der Waals surface area contributed by atoms with Gasteiger partial charge in [0.15, 0.2) is 6.61 Å². The van der Waals surface area contributed by atoms with E-state index in [4.69, 9.17) is 22.1 Å². The fourth-order valence-corrected chi connectivity index (χ4v) is 1.85. The van der Waals surface area contributed by atoms with Gasteiger partial charge in [0.2, 0.25) is 0 Å². The van der Waals surface area contributed by atoms with Gasteiger partial charge in [-0.25, -0.2) is 0 Å². The Balaban J connectivity index is 2.53. The molecule has 0 spiro atoms. The fraction of sp³-hybridized carbons (Fsp3) is 0.533. The molecule has 0 aliphatic rings. The maximum Gasteiger partial charge on any atom is 0.260 e. The Labute approximate surface area is 125 Å². The number of halogens is 1. The zero-order chi connectivity index (χ0) is 15.2. The molecule has 112 valence electrons. The highest BCUT2D eigenvalue weighted by molar-refractivity contribution is 6.30. The normalized spacial score (nSPS) is 11.2. The zero-order valence-electron chi connectivity index (χ0n) is 12.4. The molecule has 0 atom stereocenters. The molecule has 2 N–H and O–H groups in total. The van der Waals surface area contributed by atoms with Crippen LogP contribution in [0.25, 0.3) is 0 Å². The molecule has 0 unspecified atom stereocenters. The molecule has 1 amide bonds. The number of carbonyl (C=O) groups is 1. The van der Waals surface area contributed by atoms with Gasteiger partial charge in [0.25, 0.3) is 5.91 Å². The summed E-state index contributed by atoms with van der Waals surface area (Å²) in [6.07, 6.45) is 0. The quantitative estimate of drug-likeness (QED) is 0.841. The van der Waals surface area contributed by atoms with E-state index < -0.39 is 0 Å². The molecule has 0 heterocycles. The molecule has 0 aliphatic heterocycles. The third-order valence-electron chi connectivity index (χ3n) is 3.08. The van der Waals surface area contributed by atoms with E-state index in [2.05, 4.69) is 0 Å². The Kier molecular flexibility index (Phi) is 6.30. The summed E-state index contributed by atoms with van der Waals surface area (Å²) in [6, 6.07) is 6.96. The van der Waals surface area contributed by atoms with Crippen LogP contribution < -0.4 is 10.5 Å². The van der Waals surface area contributed by atoms with Crippen molar-refractivity contribution in [1.82, 2.24) is 4.90 Å². The van der Waals surface area contributed by atoms with Gasteiger partial charge >= 0.3 is 0 Å². The summed E-state index contributed by atoms with van der Waals surface area (Å²) in [5, 5.41) is 0.642. The Morgan fingerprint density at radius 1 is 1.35 bits per heavy atom. The molecule has 1 aromatic carbocycles. The van der Waals surface area contributed by atoms with Crippen molar-refractivity contribution in [1.29, 1.82) is 0 Å². The van der Waals surface area contributed by atoms with Crippen LogP contribution in [0.2, 0.25) is 5.02 Å². The summed E-state index contributed by atoms with van der Waals surface area (Å²) >= 11 is 5.79. The van der Waals surface area contributed by atoms with Crippen molar-refractivity contribution < 1.29 is 9.53 Å². The van der Waals surface area contributed by atoms with Crippen LogP contribution in [-0.2, 0) is 4.79 Å². The lowest BCUT2D eigenvalue weighted by Gasteiger charge is -2.31. The first kappa shape index (κ1) is 16.8. The van der Waals surface area contributed by atoms with Crippen LogP contribution in [0, 0.1) is 5.41 Å². The SMILES string of the molecule is CCN(CC(C)(C)CN)C(=O)COc1ccc(Cl)cc1. The standard InChI is InChI=1S/C15H23ClN2O2/c1-4-18(11-15(2,3)10-17)14(19)9-20-13-7-5-12(16)6-8-13/h5-8H,4,9-11,17H2,1-3H3. The number of benzene rings is 1. The summed E-state index contributed by atoms with van der Waals surface area (Å²) < 4.78 is 5.47. The lowest BCUT2D eigenvalue weighted by Crippen LogP contribution is -2.43. The second kappa shape index (κ2) is 7.50. The van der Waals surface area contributed by atoms with Crippen molar-refractivity contribution in [3.05, 3.63) is 29.3 Å². The minimum atomic E-state index is -0.0913. The van der Waals surface area contributed by atoms with Crippen LogP contribution in [0.5, 0.6) is 5.75 Å². The molecule has 0 aromatic heterocycles. The molecular formula is C15H23ClN2O2. The average molecular weight is 299 g/mol. The summed E-state index contributed by atoms with van der Waals surface area (Å²) in [7, 11) is 0. The second-order valence-electron chi connectivity index (χ2n) is 5.52. The van der Waals surface area contributed by atoms with Gasteiger partial charge in [-0.05, 0) is 43.1 Å². The fourth-order valence-electron chi connectivity index (χ4n) is 1.72. The molecule has 0 saturated carbocycles. The van der Waals surface area contributed by atoms with E-state index in [1.54, 1.807) is 29.2 Å². The predicted octanol–water partition coefficient (Wildman–Crippen LogP) is 2.55. The number of nitrogens with two attached hydrogens (primary N) is 1. The monoisotopic (exact) mass is 298 g/mol. The van der Waals surface area contributed by atoms with Gasteiger partial charge < -0.3 is 15.4 Å². The summed E-state index contributed by atoms with van der Waals surface area (Å²) in [6.45, 7) is 7.87. The van der Waals surface area contributed by atoms with E-state index in [0.29, 0.717) is 30.4 Å². The first-order chi connectivity index (χ1) is 9.38. The van der Waals surface area contributed by atoms with Crippen LogP contribution in [0.15, 0.2) is 24.3 Å². The number of ether oxygens (including phenoxy) is 1. The highest BCUT2D eigenvalue weighted by Crippen LogP contribution is 2.17. The molecule has 0 saturated heterocycles. The summed E-state index contributed by atoms with van der Waals surface area (Å²) in [5.41, 5.74) is 5.62. The van der Waals surface area contributed by atoms with Crippen molar-refractivity contribution in [2.24, 2.45) is 11.1 Å². The van der Waals surface area contributed by atoms with Crippen LogP contribution in [0.3, 0.4) is 0 Å². The average Bonchev–Trinajstić information content (AvgIpc) is 2.44. The van der Waals surface area contributed by atoms with Crippen molar-refractivity contribution in [2.75, 3.05) is 26.2 Å². The van der Waals surface area contributed by atoms with Gasteiger partial charge in [-0.15, -0.1) is 0 Å². The van der Waals surface area contributed by atoms with Gasteiger partial charge in [-0.2, -0.15) is 0 Å². The Morgan fingerprint density at radius 2 is 1.95 bits per heavy atom. The van der Waals surface area contributed by atoms with E-state index in [9.17, 15) is 4.79 Å². The van der Waals surface area contributed by atoms with E-state index in [0.717, 1.165) is 0 Å². The van der Waals surface area contributed by atoms with Gasteiger partial charge in [-0.1, -0.05) is 25.4 Å². The van der Waals surface area contributed by atoms with Crippen LogP contribution >= 0.6 is 11.6 Å². The Morgan fingerprint density at radius 3 is 2.45 bits per heavy atom. The molecule has 0 radical (unpaired) electrons. The van der Waals surface area contributed by atoms with E-state index in [1.165, 1.54) is 0 Å².